The molecule has 2 aromatic carbocycles. The summed E-state index contributed by atoms with van der Waals surface area (Å²) in [4.78, 5) is 15.5. The highest BCUT2D eigenvalue weighted by Crippen LogP contribution is 2.42. The van der Waals surface area contributed by atoms with E-state index < -0.39 is 5.60 Å². The number of phenols is 1. The van der Waals surface area contributed by atoms with E-state index in [2.05, 4.69) is 0 Å². The summed E-state index contributed by atoms with van der Waals surface area (Å²) >= 11 is 0. The first-order valence-electron chi connectivity index (χ1n) is 11.3. The molecule has 0 spiro atoms. The second-order valence-electron chi connectivity index (χ2n) is 9.68. The van der Waals surface area contributed by atoms with E-state index in [4.69, 9.17) is 18.6 Å². The Morgan fingerprint density at radius 1 is 1.12 bits per heavy atom. The van der Waals surface area contributed by atoms with Crippen LogP contribution in [0.3, 0.4) is 0 Å². The molecule has 3 aromatic rings. The molecular weight excluding hydrogens is 422 g/mol. The van der Waals surface area contributed by atoms with Crippen LogP contribution in [0, 0.1) is 5.92 Å². The van der Waals surface area contributed by atoms with Crippen LogP contribution in [0.5, 0.6) is 23.0 Å². The fourth-order valence-corrected chi connectivity index (χ4v) is 3.90. The van der Waals surface area contributed by atoms with Crippen molar-refractivity contribution in [1.29, 1.82) is 0 Å². The van der Waals surface area contributed by atoms with E-state index in [0.717, 1.165) is 6.54 Å². The standard InChI is InChI=1S/C26H29NO6/c1-26(2)8-7-16-19(33-26)13-22-23(24(16)28)25(29)17-11-20(30-10-9-27(3)4)21(12-18(17)32-22)31-14-15-5-6-15/h7-8,11-13,15,28H,5-6,9-10,14H2,1-4H3. The fraction of sp³-hybridized carbons (Fsp3) is 0.423. The number of likely N-dealkylation sites (N-methyl/N-ethyl adjacent to an activating group) is 1. The lowest BCUT2D eigenvalue weighted by Gasteiger charge is -2.28. The molecule has 5 rings (SSSR count). The van der Waals surface area contributed by atoms with Gasteiger partial charge < -0.3 is 28.6 Å². The number of hydrogen-bond donors (Lipinski definition) is 1. The summed E-state index contributed by atoms with van der Waals surface area (Å²) in [6.07, 6.45) is 5.96. The van der Waals surface area contributed by atoms with Crippen LogP contribution in [-0.2, 0) is 0 Å². The topological polar surface area (TPSA) is 81.4 Å². The Balaban J connectivity index is 1.64. The number of ether oxygens (including phenoxy) is 3. The lowest BCUT2D eigenvalue weighted by atomic mass is 9.99. The SMILES string of the molecule is CN(C)CCOc1cc2c(=O)c3c(O)c4c(cc3oc2cc1OCC1CC1)OC(C)(C)C=C4. The average molecular weight is 452 g/mol. The van der Waals surface area contributed by atoms with Gasteiger partial charge in [-0.3, -0.25) is 4.79 Å². The number of nitrogens with zero attached hydrogens (tertiary/aromatic N) is 1. The Morgan fingerprint density at radius 2 is 1.88 bits per heavy atom. The fourth-order valence-electron chi connectivity index (χ4n) is 3.90. The molecule has 7 nitrogen and oxygen atoms in total. The van der Waals surface area contributed by atoms with E-state index in [1.54, 1.807) is 24.3 Å². The van der Waals surface area contributed by atoms with Crippen molar-refractivity contribution in [1.82, 2.24) is 4.90 Å². The Morgan fingerprint density at radius 3 is 2.61 bits per heavy atom. The molecule has 0 radical (unpaired) electrons. The third-order valence-corrected chi connectivity index (χ3v) is 6.00. The van der Waals surface area contributed by atoms with Crippen LogP contribution in [0.1, 0.15) is 32.3 Å². The van der Waals surface area contributed by atoms with Gasteiger partial charge in [-0.1, -0.05) is 0 Å². The van der Waals surface area contributed by atoms with E-state index >= 15 is 0 Å². The van der Waals surface area contributed by atoms with Crippen molar-refractivity contribution < 1.29 is 23.7 Å². The van der Waals surface area contributed by atoms with Crippen molar-refractivity contribution in [3.63, 3.8) is 0 Å². The zero-order valence-corrected chi connectivity index (χ0v) is 19.4. The highest BCUT2D eigenvalue weighted by Gasteiger charge is 2.27. The number of benzene rings is 2. The van der Waals surface area contributed by atoms with Gasteiger partial charge in [-0.15, -0.1) is 0 Å². The minimum absolute atomic E-state index is 0.125. The third-order valence-electron chi connectivity index (χ3n) is 6.00. The molecule has 1 aliphatic carbocycles. The first-order valence-corrected chi connectivity index (χ1v) is 11.3. The number of phenolic OH excluding ortho intramolecular Hbond substituents is 1. The van der Waals surface area contributed by atoms with Gasteiger partial charge in [0.15, 0.2) is 11.5 Å². The van der Waals surface area contributed by atoms with Crippen molar-refractivity contribution >= 4 is 28.0 Å². The van der Waals surface area contributed by atoms with Crippen molar-refractivity contribution in [2.24, 2.45) is 5.92 Å². The van der Waals surface area contributed by atoms with Gasteiger partial charge in [0, 0.05) is 18.7 Å². The Labute approximate surface area is 192 Å². The molecule has 1 aliphatic heterocycles. The van der Waals surface area contributed by atoms with Crippen molar-refractivity contribution in [3.8, 4) is 23.0 Å². The Kier molecular flexibility index (Phi) is 5.24. The predicted octanol–water partition coefficient (Wildman–Crippen LogP) is 4.57. The number of rotatable bonds is 7. The molecule has 33 heavy (non-hydrogen) atoms. The predicted molar refractivity (Wildman–Crippen MR) is 128 cm³/mol. The normalized spacial score (nSPS) is 16.8. The molecular formula is C26H29NO6. The van der Waals surface area contributed by atoms with Gasteiger partial charge in [-0.25, -0.2) is 0 Å². The summed E-state index contributed by atoms with van der Waals surface area (Å²) in [6, 6.07) is 5.04. The number of aromatic hydroxyl groups is 1. The summed E-state index contributed by atoms with van der Waals surface area (Å²) in [5.41, 5.74) is 0.274. The van der Waals surface area contributed by atoms with Gasteiger partial charge >= 0.3 is 0 Å². The minimum Gasteiger partial charge on any atom is -0.506 e. The smallest absolute Gasteiger partial charge is 0.204 e. The summed E-state index contributed by atoms with van der Waals surface area (Å²) in [6.45, 7) is 5.63. The molecule has 1 aromatic heterocycles. The van der Waals surface area contributed by atoms with Crippen molar-refractivity contribution in [2.45, 2.75) is 32.3 Å². The van der Waals surface area contributed by atoms with Gasteiger partial charge in [0.2, 0.25) is 5.43 Å². The first-order chi connectivity index (χ1) is 15.7. The van der Waals surface area contributed by atoms with Gasteiger partial charge in [0.05, 0.1) is 17.6 Å². The lowest BCUT2D eigenvalue weighted by Crippen LogP contribution is -2.27. The second kappa shape index (κ2) is 7.99. The Hall–Kier alpha value is -3.19. The van der Waals surface area contributed by atoms with Crippen LogP contribution in [0.2, 0.25) is 0 Å². The van der Waals surface area contributed by atoms with E-state index in [0.29, 0.717) is 52.9 Å². The van der Waals surface area contributed by atoms with Crippen LogP contribution in [0.4, 0.5) is 0 Å². The second-order valence-corrected chi connectivity index (χ2v) is 9.68. The van der Waals surface area contributed by atoms with E-state index in [9.17, 15) is 9.90 Å². The van der Waals surface area contributed by atoms with Crippen LogP contribution in [0.25, 0.3) is 28.0 Å². The molecule has 0 unspecified atom stereocenters. The average Bonchev–Trinajstić information content (AvgIpc) is 3.56. The molecule has 1 fully saturated rings. The van der Waals surface area contributed by atoms with Crippen LogP contribution < -0.4 is 19.6 Å². The summed E-state index contributed by atoms with van der Waals surface area (Å²) in [7, 11) is 3.94. The van der Waals surface area contributed by atoms with E-state index in [1.165, 1.54) is 12.8 Å². The quantitative estimate of drug-likeness (QED) is 0.527. The zero-order valence-electron chi connectivity index (χ0n) is 19.4. The summed E-state index contributed by atoms with van der Waals surface area (Å²) in [5.74, 6) is 1.95. The maximum Gasteiger partial charge on any atom is 0.204 e. The Bertz CT molecular complexity index is 1320. The molecule has 0 amide bonds. The largest absolute Gasteiger partial charge is 0.506 e. The van der Waals surface area contributed by atoms with E-state index in [1.807, 2.05) is 38.9 Å². The molecule has 0 atom stereocenters. The molecule has 0 saturated heterocycles. The monoisotopic (exact) mass is 451 g/mol. The minimum atomic E-state index is -0.521. The maximum atomic E-state index is 13.5. The lowest BCUT2D eigenvalue weighted by molar-refractivity contribution is 0.158. The van der Waals surface area contributed by atoms with Gasteiger partial charge in [-0.2, -0.15) is 0 Å². The van der Waals surface area contributed by atoms with Crippen LogP contribution in [0.15, 0.2) is 33.5 Å². The van der Waals surface area contributed by atoms with Crippen LogP contribution >= 0.6 is 0 Å². The molecule has 1 saturated carbocycles. The number of hydrogen-bond acceptors (Lipinski definition) is 7. The highest BCUT2D eigenvalue weighted by atomic mass is 16.5. The molecule has 2 aliphatic rings. The molecule has 0 bridgehead atoms. The summed E-state index contributed by atoms with van der Waals surface area (Å²) in [5, 5.41) is 11.4. The van der Waals surface area contributed by atoms with Crippen LogP contribution in [-0.4, -0.2) is 49.5 Å². The van der Waals surface area contributed by atoms with Gasteiger partial charge in [0.1, 0.15) is 40.3 Å². The van der Waals surface area contributed by atoms with Gasteiger partial charge in [0.25, 0.3) is 0 Å². The zero-order chi connectivity index (χ0) is 23.3. The van der Waals surface area contributed by atoms with Crippen molar-refractivity contribution in [2.75, 3.05) is 33.9 Å². The molecule has 2 heterocycles. The third kappa shape index (κ3) is 4.25. The number of fused-ring (bicyclic) bond motifs is 3. The molecule has 174 valence electrons. The molecule has 1 N–H and O–H groups in total. The van der Waals surface area contributed by atoms with Gasteiger partial charge in [-0.05, 0) is 64.9 Å². The van der Waals surface area contributed by atoms with Crippen molar-refractivity contribution in [3.05, 3.63) is 40.1 Å². The maximum absolute atomic E-state index is 13.5. The molecule has 7 heteroatoms. The van der Waals surface area contributed by atoms with E-state index in [-0.39, 0.29) is 22.1 Å². The highest BCUT2D eigenvalue weighted by molar-refractivity contribution is 5.97. The first kappa shape index (κ1) is 21.6. The summed E-state index contributed by atoms with van der Waals surface area (Å²) < 4.78 is 24.1.